The van der Waals surface area contributed by atoms with Crippen molar-refractivity contribution in [1.82, 2.24) is 0 Å². The second-order valence-electron chi connectivity index (χ2n) is 21.1. The third-order valence-electron chi connectivity index (χ3n) is 17.7. The number of aliphatic hydroxyl groups is 5. The van der Waals surface area contributed by atoms with Crippen molar-refractivity contribution in [3.8, 4) is 0 Å². The van der Waals surface area contributed by atoms with Gasteiger partial charge >= 0.3 is 17.9 Å². The van der Waals surface area contributed by atoms with Crippen LogP contribution in [0.3, 0.4) is 0 Å². The van der Waals surface area contributed by atoms with Crippen molar-refractivity contribution in [1.29, 1.82) is 0 Å². The Morgan fingerprint density at radius 1 is 0.741 bits per heavy atom. The minimum absolute atomic E-state index is 0.0128. The Labute approximate surface area is 339 Å². The van der Waals surface area contributed by atoms with Gasteiger partial charge in [-0.3, -0.25) is 14.4 Å². The van der Waals surface area contributed by atoms with Gasteiger partial charge in [0.05, 0.1) is 29.6 Å². The van der Waals surface area contributed by atoms with E-state index >= 15 is 0 Å². The molecule has 326 valence electrons. The molecule has 0 bridgehead atoms. The van der Waals surface area contributed by atoms with E-state index in [0.717, 1.165) is 37.7 Å². The molecule has 0 aromatic rings. The fourth-order valence-electron chi connectivity index (χ4n) is 13.8. The van der Waals surface area contributed by atoms with Gasteiger partial charge < -0.3 is 55.1 Å². The predicted octanol–water partition coefficient (Wildman–Crippen LogP) is 2.91. The van der Waals surface area contributed by atoms with Crippen LogP contribution in [0.25, 0.3) is 0 Å². The topological polar surface area (TPSA) is 258 Å². The van der Waals surface area contributed by atoms with E-state index in [9.17, 15) is 60.0 Å². The molecule has 0 aromatic heterocycles. The number of aliphatic hydroxyl groups excluding tert-OH is 5. The number of ketones is 1. The van der Waals surface area contributed by atoms with Gasteiger partial charge in [-0.25, -0.2) is 4.79 Å². The average molecular weight is 821 g/mol. The molecule has 0 amide bonds. The van der Waals surface area contributed by atoms with Crippen LogP contribution in [0, 0.1) is 56.2 Å². The lowest BCUT2D eigenvalue weighted by Crippen LogP contribution is -2.68. The van der Waals surface area contributed by atoms with E-state index in [1.54, 1.807) is 0 Å². The summed E-state index contributed by atoms with van der Waals surface area (Å²) in [5, 5.41) is 83.6. The molecule has 6 fully saturated rings. The molecule has 0 radical (unpaired) electrons. The monoisotopic (exact) mass is 820 g/mol. The SMILES string of the molecule is CC1(C(=O)O)CCC2(C)CCC3(C)C(=CC(=O)C4C5(C)CCC(OC6OC(C(=O)O)C(O)C(O)C6OC6CC(C(=O)O)C(O)C(O)C6O)C(C)(C)C5CCC43C)C2C1. The number of hydrogen-bond acceptors (Lipinski definition) is 12. The van der Waals surface area contributed by atoms with Crippen molar-refractivity contribution in [2.75, 3.05) is 0 Å². The number of ether oxygens (including phenoxy) is 3. The molecule has 1 saturated heterocycles. The molecule has 7 rings (SSSR count). The number of carbonyl (C=O) groups is 4. The summed E-state index contributed by atoms with van der Waals surface area (Å²) in [5.41, 5.74) is -1.71. The summed E-state index contributed by atoms with van der Waals surface area (Å²) in [6.07, 6.45) is -9.05. The molecule has 15 nitrogen and oxygen atoms in total. The Bertz CT molecular complexity index is 1730. The fourth-order valence-corrected chi connectivity index (χ4v) is 13.8. The lowest BCUT2D eigenvalue weighted by Gasteiger charge is -2.70. The number of carboxylic acids is 3. The molecular formula is C43H64O15. The van der Waals surface area contributed by atoms with Crippen LogP contribution >= 0.6 is 0 Å². The van der Waals surface area contributed by atoms with Crippen LogP contribution in [0.2, 0.25) is 0 Å². The molecule has 58 heavy (non-hydrogen) atoms. The first kappa shape index (κ1) is 43.6. The Hall–Kier alpha value is -2.50. The van der Waals surface area contributed by atoms with E-state index in [1.165, 1.54) is 0 Å². The van der Waals surface area contributed by atoms with Gasteiger partial charge in [-0.15, -0.1) is 0 Å². The van der Waals surface area contributed by atoms with Gasteiger partial charge in [0, 0.05) is 5.92 Å². The minimum Gasteiger partial charge on any atom is -0.481 e. The summed E-state index contributed by atoms with van der Waals surface area (Å²) in [5.74, 6) is -5.68. The predicted molar refractivity (Wildman–Crippen MR) is 203 cm³/mol. The number of carbonyl (C=O) groups excluding carboxylic acids is 1. The first-order chi connectivity index (χ1) is 26.8. The standard InChI is InChI=1S/C43H64O15/c1-38(2)24-8-11-43(7)33(22(44)17-20-21-18-40(4,37(54)55)13-12-39(21,3)14-15-42(20,43)6)41(24,5)10-9-25(38)57-36-32(30(49)29(48)31(58-36)35(52)53)56-23-16-19(34(50)51)26(45)28(47)27(23)46/h17,19,21,23-33,36,45-49H,8-16,18H2,1-7H3,(H,50,51)(H,52,53)(H,54,55). The normalized spacial score (nSPS) is 52.6. The van der Waals surface area contributed by atoms with Gasteiger partial charge in [0.1, 0.15) is 30.5 Å². The van der Waals surface area contributed by atoms with Crippen molar-refractivity contribution < 1.29 is 74.2 Å². The zero-order valence-electron chi connectivity index (χ0n) is 34.7. The molecule has 1 heterocycles. The number of rotatable bonds is 7. The lowest BCUT2D eigenvalue weighted by atomic mass is 9.33. The number of fused-ring (bicyclic) bond motifs is 7. The Morgan fingerprint density at radius 2 is 1.40 bits per heavy atom. The summed E-state index contributed by atoms with van der Waals surface area (Å²) in [7, 11) is 0. The Kier molecular flexibility index (Phi) is 10.7. The van der Waals surface area contributed by atoms with E-state index in [0.29, 0.717) is 25.7 Å². The highest BCUT2D eigenvalue weighted by molar-refractivity contribution is 5.95. The van der Waals surface area contributed by atoms with Crippen LogP contribution in [0.15, 0.2) is 11.6 Å². The number of aliphatic carboxylic acids is 3. The molecule has 7 aliphatic rings. The van der Waals surface area contributed by atoms with E-state index < -0.39 is 113 Å². The fraction of sp³-hybridized carbons (Fsp3) is 0.860. The van der Waals surface area contributed by atoms with Crippen molar-refractivity contribution in [2.24, 2.45) is 56.2 Å². The maximum Gasteiger partial charge on any atom is 0.335 e. The maximum atomic E-state index is 14.9. The van der Waals surface area contributed by atoms with Crippen LogP contribution in [-0.4, -0.2) is 126 Å². The highest BCUT2D eigenvalue weighted by Gasteiger charge is 2.71. The first-order valence-corrected chi connectivity index (χ1v) is 21.1. The molecule has 19 atom stereocenters. The summed E-state index contributed by atoms with van der Waals surface area (Å²) >= 11 is 0. The van der Waals surface area contributed by atoms with Crippen LogP contribution in [-0.2, 0) is 33.4 Å². The van der Waals surface area contributed by atoms with Gasteiger partial charge in [0.2, 0.25) is 0 Å². The summed E-state index contributed by atoms with van der Waals surface area (Å²) in [6.45, 7) is 14.9. The zero-order valence-corrected chi connectivity index (χ0v) is 34.7. The lowest BCUT2D eigenvalue weighted by molar-refractivity contribution is -0.341. The second-order valence-corrected chi connectivity index (χ2v) is 21.1. The third kappa shape index (κ3) is 6.26. The molecule has 6 aliphatic carbocycles. The Morgan fingerprint density at radius 3 is 2.02 bits per heavy atom. The van der Waals surface area contributed by atoms with Crippen molar-refractivity contribution in [3.05, 3.63) is 11.6 Å². The molecular weight excluding hydrogens is 756 g/mol. The number of carboxylic acid groups (broad SMARTS) is 3. The van der Waals surface area contributed by atoms with E-state index in [4.69, 9.17) is 14.2 Å². The summed E-state index contributed by atoms with van der Waals surface area (Å²) < 4.78 is 18.4. The quantitative estimate of drug-likeness (QED) is 0.172. The molecule has 0 aromatic carbocycles. The molecule has 19 unspecified atom stereocenters. The van der Waals surface area contributed by atoms with Crippen molar-refractivity contribution in [3.63, 3.8) is 0 Å². The first-order valence-electron chi connectivity index (χ1n) is 21.1. The smallest absolute Gasteiger partial charge is 0.335 e. The van der Waals surface area contributed by atoms with Crippen LogP contribution in [0.5, 0.6) is 0 Å². The largest absolute Gasteiger partial charge is 0.481 e. The zero-order chi connectivity index (χ0) is 42.9. The van der Waals surface area contributed by atoms with E-state index in [1.807, 2.05) is 26.8 Å². The van der Waals surface area contributed by atoms with Crippen molar-refractivity contribution in [2.45, 2.75) is 174 Å². The molecule has 0 spiro atoms. The number of allylic oxidation sites excluding steroid dienone is 2. The minimum atomic E-state index is -1.99. The van der Waals surface area contributed by atoms with Gasteiger partial charge in [-0.1, -0.05) is 47.1 Å². The third-order valence-corrected chi connectivity index (χ3v) is 17.7. The van der Waals surface area contributed by atoms with E-state index in [-0.39, 0.29) is 34.4 Å². The summed E-state index contributed by atoms with van der Waals surface area (Å²) in [6, 6.07) is 0. The van der Waals surface area contributed by atoms with Crippen LogP contribution < -0.4 is 0 Å². The molecule has 5 saturated carbocycles. The molecule has 8 N–H and O–H groups in total. The maximum absolute atomic E-state index is 14.9. The second kappa shape index (κ2) is 14.3. The highest BCUT2D eigenvalue weighted by atomic mass is 16.7. The van der Waals surface area contributed by atoms with E-state index in [2.05, 4.69) is 27.7 Å². The van der Waals surface area contributed by atoms with Gasteiger partial charge in [-0.2, -0.15) is 0 Å². The van der Waals surface area contributed by atoms with Crippen molar-refractivity contribution >= 4 is 23.7 Å². The van der Waals surface area contributed by atoms with Crippen LogP contribution in [0.1, 0.15) is 113 Å². The van der Waals surface area contributed by atoms with Gasteiger partial charge in [0.15, 0.2) is 18.2 Å². The average Bonchev–Trinajstić information content (AvgIpc) is 3.13. The van der Waals surface area contributed by atoms with Gasteiger partial charge in [-0.05, 0) is 116 Å². The molecule has 15 heteroatoms. The molecule has 1 aliphatic heterocycles. The highest BCUT2D eigenvalue weighted by Crippen LogP contribution is 2.75. The number of hydrogen-bond donors (Lipinski definition) is 8. The van der Waals surface area contributed by atoms with Gasteiger partial charge in [0.25, 0.3) is 0 Å². The summed E-state index contributed by atoms with van der Waals surface area (Å²) in [4.78, 5) is 51.5. The Balaban J connectivity index is 1.17. The van der Waals surface area contributed by atoms with Crippen LogP contribution in [0.4, 0.5) is 0 Å².